The fraction of sp³-hybridized carbons (Fsp3) is 0. The summed E-state index contributed by atoms with van der Waals surface area (Å²) in [7, 11) is 0. The van der Waals surface area contributed by atoms with Crippen LogP contribution in [0.4, 0.5) is 34.1 Å². The minimum Gasteiger partial charge on any atom is -0.456 e. The number of benzene rings is 12. The molecule has 12 aromatic carbocycles. The maximum Gasteiger partial charge on any atom is 0.137 e. The summed E-state index contributed by atoms with van der Waals surface area (Å²) in [5, 5.41) is 7.16. The first-order valence-corrected chi connectivity index (χ1v) is 24.2. The van der Waals surface area contributed by atoms with Gasteiger partial charge in [0.15, 0.2) is 0 Å². The van der Waals surface area contributed by atoms with E-state index < -0.39 is 0 Å². The zero-order valence-electron chi connectivity index (χ0n) is 38.9. The highest BCUT2D eigenvalue weighted by molar-refractivity contribution is 6.06. The molecule has 0 radical (unpaired) electrons. The number of para-hydroxylation sites is 2. The molecule has 0 atom stereocenters. The lowest BCUT2D eigenvalue weighted by Gasteiger charge is -2.29. The lowest BCUT2D eigenvalue weighted by Crippen LogP contribution is -2.12. The molecule has 0 N–H and O–H groups in total. The van der Waals surface area contributed by atoms with E-state index in [1.807, 2.05) is 12.1 Å². The Balaban J connectivity index is 0.942. The Morgan fingerprint density at radius 3 is 1.55 bits per heavy atom. The molecule has 13 aromatic rings. The lowest BCUT2D eigenvalue weighted by molar-refractivity contribution is 0.669. The van der Waals surface area contributed by atoms with Crippen LogP contribution >= 0.6 is 0 Å². The smallest absolute Gasteiger partial charge is 0.137 e. The van der Waals surface area contributed by atoms with Crippen molar-refractivity contribution in [2.45, 2.75) is 0 Å². The molecule has 71 heavy (non-hydrogen) atoms. The zero-order valence-corrected chi connectivity index (χ0v) is 38.9. The summed E-state index contributed by atoms with van der Waals surface area (Å²) >= 11 is 0. The van der Waals surface area contributed by atoms with Crippen LogP contribution in [-0.2, 0) is 0 Å². The number of nitrogens with zero attached hydrogens (tertiary/aromatic N) is 2. The molecule has 0 saturated carbocycles. The molecule has 1 heterocycles. The monoisotopic (exact) mass is 906 g/mol. The highest BCUT2D eigenvalue weighted by Crippen LogP contribution is 2.45. The predicted octanol–water partition coefficient (Wildman–Crippen LogP) is 19.5. The molecule has 3 nitrogen and oxygen atoms in total. The molecule has 0 aliphatic heterocycles. The van der Waals surface area contributed by atoms with Crippen molar-refractivity contribution in [1.29, 1.82) is 0 Å². The Morgan fingerprint density at radius 2 is 0.732 bits per heavy atom. The molecular formula is C68H46N2O. The van der Waals surface area contributed by atoms with Crippen molar-refractivity contribution < 1.29 is 4.42 Å². The van der Waals surface area contributed by atoms with Crippen LogP contribution in [0, 0.1) is 0 Å². The minimum atomic E-state index is 0.848. The van der Waals surface area contributed by atoms with Crippen LogP contribution in [0.3, 0.4) is 0 Å². The molecule has 3 heteroatoms. The van der Waals surface area contributed by atoms with Crippen molar-refractivity contribution in [3.05, 3.63) is 279 Å². The number of anilines is 6. The number of hydrogen-bond acceptors (Lipinski definition) is 3. The van der Waals surface area contributed by atoms with E-state index >= 15 is 0 Å². The maximum absolute atomic E-state index is 6.52. The lowest BCUT2D eigenvalue weighted by atomic mass is 9.97. The summed E-state index contributed by atoms with van der Waals surface area (Å²) in [6.45, 7) is 0. The van der Waals surface area contributed by atoms with E-state index in [1.54, 1.807) is 0 Å². The van der Waals surface area contributed by atoms with E-state index in [0.717, 1.165) is 72.8 Å². The highest BCUT2D eigenvalue weighted by Gasteiger charge is 2.21. The van der Waals surface area contributed by atoms with Gasteiger partial charge in [0.05, 0.1) is 5.69 Å². The van der Waals surface area contributed by atoms with Crippen molar-refractivity contribution in [1.82, 2.24) is 0 Å². The van der Waals surface area contributed by atoms with Gasteiger partial charge >= 0.3 is 0 Å². The van der Waals surface area contributed by atoms with Crippen LogP contribution in [0.5, 0.6) is 0 Å². The van der Waals surface area contributed by atoms with E-state index in [9.17, 15) is 0 Å². The van der Waals surface area contributed by atoms with Crippen LogP contribution in [0.2, 0.25) is 0 Å². The molecule has 0 aliphatic carbocycles. The van der Waals surface area contributed by atoms with Crippen LogP contribution in [0.1, 0.15) is 0 Å². The quantitative estimate of drug-likeness (QED) is 0.136. The Kier molecular flexibility index (Phi) is 10.5. The molecule has 0 aliphatic rings. The van der Waals surface area contributed by atoms with Gasteiger partial charge in [-0.2, -0.15) is 0 Å². The largest absolute Gasteiger partial charge is 0.456 e. The van der Waals surface area contributed by atoms with Gasteiger partial charge in [-0.25, -0.2) is 0 Å². The third-order valence-electron chi connectivity index (χ3n) is 13.8. The van der Waals surface area contributed by atoms with Crippen molar-refractivity contribution in [2.24, 2.45) is 0 Å². The molecule has 0 saturated heterocycles. The van der Waals surface area contributed by atoms with Gasteiger partial charge in [0.1, 0.15) is 11.2 Å². The molecular weight excluding hydrogens is 861 g/mol. The van der Waals surface area contributed by atoms with Crippen LogP contribution < -0.4 is 9.80 Å². The summed E-state index contributed by atoms with van der Waals surface area (Å²) in [4.78, 5) is 4.75. The zero-order chi connectivity index (χ0) is 47.1. The van der Waals surface area contributed by atoms with Gasteiger partial charge < -0.3 is 14.2 Å². The first-order chi connectivity index (χ1) is 35.2. The summed E-state index contributed by atoms with van der Waals surface area (Å²) in [6, 6.07) is 100. The molecule has 0 fully saturated rings. The van der Waals surface area contributed by atoms with E-state index in [1.165, 1.54) is 49.4 Å². The Labute approximate surface area is 413 Å². The van der Waals surface area contributed by atoms with Crippen molar-refractivity contribution in [3.63, 3.8) is 0 Å². The van der Waals surface area contributed by atoms with Gasteiger partial charge in [0.25, 0.3) is 0 Å². The summed E-state index contributed by atoms with van der Waals surface area (Å²) in [5.74, 6) is 0. The second-order valence-electron chi connectivity index (χ2n) is 18.1. The van der Waals surface area contributed by atoms with Crippen molar-refractivity contribution in [2.75, 3.05) is 9.80 Å². The van der Waals surface area contributed by atoms with Gasteiger partial charge in [-0.1, -0.05) is 194 Å². The van der Waals surface area contributed by atoms with Crippen LogP contribution in [0.25, 0.3) is 88.0 Å². The Bertz CT molecular complexity index is 4050. The highest BCUT2D eigenvalue weighted by atomic mass is 16.3. The normalized spacial score (nSPS) is 11.4. The second-order valence-corrected chi connectivity index (χ2v) is 18.1. The Hall–Kier alpha value is -9.44. The average molecular weight is 907 g/mol. The summed E-state index contributed by atoms with van der Waals surface area (Å²) in [6.07, 6.45) is 0. The van der Waals surface area contributed by atoms with Crippen molar-refractivity contribution >= 4 is 77.6 Å². The first-order valence-electron chi connectivity index (χ1n) is 24.2. The van der Waals surface area contributed by atoms with Gasteiger partial charge in [-0.3, -0.25) is 0 Å². The summed E-state index contributed by atoms with van der Waals surface area (Å²) in [5.41, 5.74) is 17.3. The predicted molar refractivity (Wildman–Crippen MR) is 300 cm³/mol. The molecule has 1 aromatic heterocycles. The number of fused-ring (bicyclic) bond motifs is 5. The standard InChI is InChI=1S/C68H46N2O/c1-2-15-47(16-3-1)53-21-12-24-59(44-53)70(60-41-42-65-64-27-9-11-30-67(64)71-68(65)46-60)66-29-10-8-26-63(66)55-22-13-23-58(45-55)69(56-37-33-49(34-38-56)54-32-31-48-17-4-5-19-52(48)43-54)57-39-35-51(36-40-57)62-28-14-20-50-18-6-7-25-61(50)62/h1-46H. The molecule has 0 unspecified atom stereocenters. The molecule has 0 spiro atoms. The molecule has 334 valence electrons. The van der Waals surface area contributed by atoms with E-state index in [0.29, 0.717) is 0 Å². The molecule has 13 rings (SSSR count). The van der Waals surface area contributed by atoms with Crippen LogP contribution in [-0.4, -0.2) is 0 Å². The first kappa shape index (κ1) is 41.7. The van der Waals surface area contributed by atoms with Gasteiger partial charge in [-0.05, 0) is 139 Å². The van der Waals surface area contributed by atoms with E-state index in [-0.39, 0.29) is 0 Å². The van der Waals surface area contributed by atoms with Crippen molar-refractivity contribution in [3.8, 4) is 44.5 Å². The number of hydrogen-bond donors (Lipinski definition) is 0. The number of furan rings is 1. The fourth-order valence-corrected chi connectivity index (χ4v) is 10.3. The van der Waals surface area contributed by atoms with E-state index in [2.05, 4.69) is 277 Å². The van der Waals surface area contributed by atoms with Crippen LogP contribution in [0.15, 0.2) is 283 Å². The topological polar surface area (TPSA) is 19.6 Å². The number of rotatable bonds is 10. The Morgan fingerprint density at radius 1 is 0.225 bits per heavy atom. The SMILES string of the molecule is c1ccc(-c2cccc(N(c3ccc4c(c3)oc3ccccc34)c3ccccc3-c3cccc(N(c4ccc(-c5ccc6ccccc6c5)cc4)c4ccc(-c5cccc6ccccc56)cc4)c3)c2)cc1. The molecule has 0 amide bonds. The molecule has 0 bridgehead atoms. The van der Waals surface area contributed by atoms with Gasteiger partial charge in [-0.15, -0.1) is 0 Å². The third kappa shape index (κ3) is 7.86. The maximum atomic E-state index is 6.52. The van der Waals surface area contributed by atoms with Gasteiger partial charge in [0, 0.05) is 50.8 Å². The van der Waals surface area contributed by atoms with Gasteiger partial charge in [0.2, 0.25) is 0 Å². The fourth-order valence-electron chi connectivity index (χ4n) is 10.3. The third-order valence-corrected chi connectivity index (χ3v) is 13.8. The second kappa shape index (κ2) is 17.9. The minimum absolute atomic E-state index is 0.848. The average Bonchev–Trinajstić information content (AvgIpc) is 3.82. The van der Waals surface area contributed by atoms with E-state index in [4.69, 9.17) is 4.42 Å². The summed E-state index contributed by atoms with van der Waals surface area (Å²) < 4.78 is 6.52.